The van der Waals surface area contributed by atoms with Crippen LogP contribution in [0.2, 0.25) is 0 Å². The molecule has 0 aromatic carbocycles. The molecule has 104 valence electrons. The van der Waals surface area contributed by atoms with E-state index in [0.29, 0.717) is 5.41 Å². The van der Waals surface area contributed by atoms with E-state index in [9.17, 15) is 5.26 Å². The molecule has 0 amide bonds. The minimum atomic E-state index is 0.224. The second-order valence-corrected chi connectivity index (χ2v) is 8.03. The van der Waals surface area contributed by atoms with Gasteiger partial charge in [0.25, 0.3) is 0 Å². The monoisotopic (exact) mass is 258 g/mol. The average molecular weight is 258 g/mol. The van der Waals surface area contributed by atoms with Crippen molar-refractivity contribution in [3.8, 4) is 6.07 Å². The van der Waals surface area contributed by atoms with E-state index in [0.717, 1.165) is 24.2 Å². The maximum atomic E-state index is 9.38. The highest BCUT2D eigenvalue weighted by Crippen LogP contribution is 2.60. The molecule has 0 aromatic rings. The smallest absolute Gasteiger partial charge is 0.0978 e. The number of piperidine rings is 1. The molecule has 1 atom stereocenters. The number of rotatable bonds is 2. The lowest BCUT2D eigenvalue weighted by Crippen LogP contribution is -2.53. The number of hydrogen-bond donors (Lipinski definition) is 0. The molecule has 4 saturated carbocycles. The number of hydrogen-bond acceptors (Lipinski definition) is 2. The molecule has 1 saturated heterocycles. The molecule has 0 radical (unpaired) electrons. The first kappa shape index (κ1) is 12.2. The molecule has 1 unspecified atom stereocenters. The van der Waals surface area contributed by atoms with Crippen LogP contribution in [-0.2, 0) is 0 Å². The average Bonchev–Trinajstić information content (AvgIpc) is 2.37. The van der Waals surface area contributed by atoms with E-state index in [-0.39, 0.29) is 6.04 Å². The molecule has 0 aromatic heterocycles. The third-order valence-electron chi connectivity index (χ3n) is 6.47. The minimum absolute atomic E-state index is 0.224. The first-order valence-corrected chi connectivity index (χ1v) is 8.40. The Morgan fingerprint density at radius 3 is 2.21 bits per heavy atom. The standard InChI is InChI=1S/C17H26N2/c18-11-16-3-1-2-4-19(16)12-17-8-13-5-14(9-17)7-15(6-13)10-17/h13-16H,1-10,12H2. The summed E-state index contributed by atoms with van der Waals surface area (Å²) in [5.41, 5.74) is 0.612. The van der Waals surface area contributed by atoms with Crippen molar-refractivity contribution in [2.24, 2.45) is 23.2 Å². The van der Waals surface area contributed by atoms with Crippen LogP contribution in [0.25, 0.3) is 0 Å². The maximum Gasteiger partial charge on any atom is 0.0978 e. The predicted molar refractivity (Wildman–Crippen MR) is 75.4 cm³/mol. The highest BCUT2D eigenvalue weighted by molar-refractivity contribution is 5.04. The summed E-state index contributed by atoms with van der Waals surface area (Å²) in [6.07, 6.45) is 12.7. The van der Waals surface area contributed by atoms with Crippen LogP contribution in [0, 0.1) is 34.5 Å². The second kappa shape index (κ2) is 4.48. The van der Waals surface area contributed by atoms with Gasteiger partial charge in [0, 0.05) is 6.54 Å². The molecule has 2 heteroatoms. The van der Waals surface area contributed by atoms with Crippen molar-refractivity contribution in [1.29, 1.82) is 5.26 Å². The second-order valence-electron chi connectivity index (χ2n) is 8.03. The molecule has 5 fully saturated rings. The van der Waals surface area contributed by atoms with Gasteiger partial charge in [-0.1, -0.05) is 0 Å². The lowest BCUT2D eigenvalue weighted by Gasteiger charge is -2.58. The largest absolute Gasteiger partial charge is 0.288 e. The van der Waals surface area contributed by atoms with Crippen molar-refractivity contribution in [2.45, 2.75) is 63.8 Å². The van der Waals surface area contributed by atoms with Crippen LogP contribution < -0.4 is 0 Å². The fraction of sp³-hybridized carbons (Fsp3) is 0.941. The zero-order valence-electron chi connectivity index (χ0n) is 12.0. The summed E-state index contributed by atoms with van der Waals surface area (Å²) in [6, 6.07) is 2.79. The van der Waals surface area contributed by atoms with Crippen LogP contribution in [0.1, 0.15) is 57.8 Å². The van der Waals surface area contributed by atoms with Crippen LogP contribution in [-0.4, -0.2) is 24.0 Å². The van der Waals surface area contributed by atoms with Crippen LogP contribution in [0.15, 0.2) is 0 Å². The van der Waals surface area contributed by atoms with E-state index >= 15 is 0 Å². The topological polar surface area (TPSA) is 27.0 Å². The van der Waals surface area contributed by atoms with Gasteiger partial charge in [-0.25, -0.2) is 0 Å². The number of likely N-dealkylation sites (tertiary alicyclic amines) is 1. The zero-order valence-corrected chi connectivity index (χ0v) is 12.0. The molecule has 19 heavy (non-hydrogen) atoms. The van der Waals surface area contributed by atoms with Crippen LogP contribution in [0.4, 0.5) is 0 Å². The van der Waals surface area contributed by atoms with Crippen molar-refractivity contribution in [3.05, 3.63) is 0 Å². The fourth-order valence-electron chi connectivity index (χ4n) is 6.24. The molecule has 2 nitrogen and oxygen atoms in total. The summed E-state index contributed by atoms with van der Waals surface area (Å²) in [5.74, 6) is 3.12. The van der Waals surface area contributed by atoms with Gasteiger partial charge >= 0.3 is 0 Å². The van der Waals surface area contributed by atoms with E-state index < -0.39 is 0 Å². The molecule has 4 bridgehead atoms. The van der Waals surface area contributed by atoms with E-state index in [1.165, 1.54) is 64.5 Å². The summed E-state index contributed by atoms with van der Waals surface area (Å²) in [5, 5.41) is 9.38. The van der Waals surface area contributed by atoms with Gasteiger partial charge in [0.1, 0.15) is 0 Å². The first-order chi connectivity index (χ1) is 9.26. The Bertz CT molecular complexity index is 359. The lowest BCUT2D eigenvalue weighted by molar-refractivity contribution is -0.0744. The molecular formula is C17H26N2. The van der Waals surface area contributed by atoms with Gasteiger partial charge in [0.15, 0.2) is 0 Å². The van der Waals surface area contributed by atoms with E-state index in [4.69, 9.17) is 0 Å². The van der Waals surface area contributed by atoms with Crippen LogP contribution >= 0.6 is 0 Å². The van der Waals surface area contributed by atoms with Gasteiger partial charge < -0.3 is 0 Å². The van der Waals surface area contributed by atoms with Crippen molar-refractivity contribution in [1.82, 2.24) is 4.90 Å². The Balaban J connectivity index is 1.51. The first-order valence-electron chi connectivity index (χ1n) is 8.40. The SMILES string of the molecule is N#CC1CCCCN1CC12CC3CC(CC(C3)C1)C2. The van der Waals surface area contributed by atoms with Crippen molar-refractivity contribution >= 4 is 0 Å². The van der Waals surface area contributed by atoms with Gasteiger partial charge in [0.05, 0.1) is 12.1 Å². The molecule has 0 N–H and O–H groups in total. The van der Waals surface area contributed by atoms with Gasteiger partial charge in [-0.05, 0) is 87.5 Å². The van der Waals surface area contributed by atoms with Crippen molar-refractivity contribution in [2.75, 3.05) is 13.1 Å². The van der Waals surface area contributed by atoms with Gasteiger partial charge in [-0.3, -0.25) is 4.90 Å². The Labute approximate surface area is 117 Å². The molecule has 4 aliphatic carbocycles. The predicted octanol–water partition coefficient (Wildman–Crippen LogP) is 3.58. The normalized spacial score (nSPS) is 49.2. The third-order valence-corrected chi connectivity index (χ3v) is 6.47. The van der Waals surface area contributed by atoms with Crippen molar-refractivity contribution < 1.29 is 0 Å². The fourth-order valence-corrected chi connectivity index (χ4v) is 6.24. The third kappa shape index (κ3) is 2.11. The molecule has 5 rings (SSSR count). The molecule has 5 aliphatic rings. The van der Waals surface area contributed by atoms with Crippen LogP contribution in [0.5, 0.6) is 0 Å². The van der Waals surface area contributed by atoms with Crippen LogP contribution in [0.3, 0.4) is 0 Å². The summed E-state index contributed by atoms with van der Waals surface area (Å²) in [7, 11) is 0. The lowest BCUT2D eigenvalue weighted by atomic mass is 9.49. The molecule has 1 aliphatic heterocycles. The maximum absolute atomic E-state index is 9.38. The Kier molecular flexibility index (Phi) is 2.88. The van der Waals surface area contributed by atoms with Gasteiger partial charge in [0.2, 0.25) is 0 Å². The van der Waals surface area contributed by atoms with Gasteiger partial charge in [-0.2, -0.15) is 5.26 Å². The summed E-state index contributed by atoms with van der Waals surface area (Å²) < 4.78 is 0. The summed E-state index contributed by atoms with van der Waals surface area (Å²) in [4.78, 5) is 2.55. The Morgan fingerprint density at radius 2 is 1.63 bits per heavy atom. The molecule has 0 spiro atoms. The Hall–Kier alpha value is -0.550. The van der Waals surface area contributed by atoms with E-state index in [1.807, 2.05) is 0 Å². The highest BCUT2D eigenvalue weighted by Gasteiger charge is 2.51. The summed E-state index contributed by atoms with van der Waals surface area (Å²) in [6.45, 7) is 2.43. The summed E-state index contributed by atoms with van der Waals surface area (Å²) >= 11 is 0. The molecular weight excluding hydrogens is 232 g/mol. The van der Waals surface area contributed by atoms with Gasteiger partial charge in [-0.15, -0.1) is 0 Å². The van der Waals surface area contributed by atoms with E-state index in [2.05, 4.69) is 11.0 Å². The van der Waals surface area contributed by atoms with E-state index in [1.54, 1.807) is 0 Å². The number of nitriles is 1. The quantitative estimate of drug-likeness (QED) is 0.757. The highest BCUT2D eigenvalue weighted by atomic mass is 15.2. The Morgan fingerprint density at radius 1 is 1.00 bits per heavy atom. The number of nitrogens with zero attached hydrogens (tertiary/aromatic N) is 2. The minimum Gasteiger partial charge on any atom is -0.288 e. The van der Waals surface area contributed by atoms with Crippen molar-refractivity contribution in [3.63, 3.8) is 0 Å². The molecule has 1 heterocycles. The zero-order chi connectivity index (χ0) is 12.9.